The van der Waals surface area contributed by atoms with Crippen molar-refractivity contribution in [2.45, 2.75) is 18.9 Å². The molecule has 1 aliphatic heterocycles. The van der Waals surface area contributed by atoms with Crippen molar-refractivity contribution in [1.82, 2.24) is 5.32 Å². The number of hydrogen-bond acceptors (Lipinski definition) is 3. The molecule has 2 N–H and O–H groups in total. The van der Waals surface area contributed by atoms with Crippen LogP contribution in [-0.2, 0) is 4.79 Å². The molecule has 0 bridgehead atoms. The molecule has 0 aromatic heterocycles. The lowest BCUT2D eigenvalue weighted by Gasteiger charge is -2.02. The minimum absolute atomic E-state index is 0.0278. The van der Waals surface area contributed by atoms with E-state index in [1.165, 1.54) is 6.08 Å². The summed E-state index contributed by atoms with van der Waals surface area (Å²) < 4.78 is 0. The van der Waals surface area contributed by atoms with E-state index in [4.69, 9.17) is 5.11 Å². The van der Waals surface area contributed by atoms with Gasteiger partial charge >= 0.3 is 0 Å². The van der Waals surface area contributed by atoms with Gasteiger partial charge in [-0.25, -0.2) is 0 Å². The largest absolute Gasteiger partial charge is 0.515 e. The van der Waals surface area contributed by atoms with Gasteiger partial charge in [-0.2, -0.15) is 0 Å². The van der Waals surface area contributed by atoms with Crippen LogP contribution in [0.15, 0.2) is 12.3 Å². The number of rotatable bonds is 2. The Bertz CT molecular complexity index is 148. The van der Waals surface area contributed by atoms with Crippen LogP contribution in [0.2, 0.25) is 0 Å². The highest BCUT2D eigenvalue weighted by Gasteiger charge is 2.19. The molecular formula is C7H11NO2. The van der Waals surface area contributed by atoms with Gasteiger partial charge in [0.25, 0.3) is 0 Å². The van der Waals surface area contributed by atoms with E-state index in [-0.39, 0.29) is 11.8 Å². The minimum Gasteiger partial charge on any atom is -0.515 e. The van der Waals surface area contributed by atoms with Gasteiger partial charge in [0.05, 0.1) is 12.3 Å². The quantitative estimate of drug-likeness (QED) is 0.431. The van der Waals surface area contributed by atoms with Gasteiger partial charge in [-0.15, -0.1) is 0 Å². The van der Waals surface area contributed by atoms with Crippen molar-refractivity contribution >= 4 is 5.78 Å². The van der Waals surface area contributed by atoms with Crippen molar-refractivity contribution in [3.8, 4) is 0 Å². The standard InChI is InChI=1S/C7H11NO2/c9-5-3-7(10)6-2-1-4-8-6/h3,5-6,8-9H,1-2,4H2/t6-/m0/s1. The van der Waals surface area contributed by atoms with Gasteiger partial charge in [0, 0.05) is 6.08 Å². The van der Waals surface area contributed by atoms with Gasteiger partial charge in [0.15, 0.2) is 5.78 Å². The molecule has 10 heavy (non-hydrogen) atoms. The molecule has 0 unspecified atom stereocenters. The third-order valence-electron chi connectivity index (χ3n) is 1.64. The Labute approximate surface area is 59.7 Å². The maximum atomic E-state index is 10.9. The van der Waals surface area contributed by atoms with Gasteiger partial charge in [0.1, 0.15) is 0 Å². The van der Waals surface area contributed by atoms with Gasteiger partial charge in [-0.3, -0.25) is 4.79 Å². The second-order valence-electron chi connectivity index (χ2n) is 2.37. The number of carbonyl (C=O) groups is 1. The van der Waals surface area contributed by atoms with E-state index >= 15 is 0 Å². The fraction of sp³-hybridized carbons (Fsp3) is 0.571. The zero-order valence-corrected chi connectivity index (χ0v) is 5.71. The average Bonchev–Trinajstić information content (AvgIpc) is 2.38. The van der Waals surface area contributed by atoms with Crippen LogP contribution < -0.4 is 5.32 Å². The summed E-state index contributed by atoms with van der Waals surface area (Å²) in [7, 11) is 0. The highest BCUT2D eigenvalue weighted by atomic mass is 16.2. The summed E-state index contributed by atoms with van der Waals surface area (Å²) in [4.78, 5) is 10.9. The molecule has 3 heteroatoms. The molecule has 0 radical (unpaired) electrons. The summed E-state index contributed by atoms with van der Waals surface area (Å²) >= 11 is 0. The summed E-state index contributed by atoms with van der Waals surface area (Å²) in [5, 5.41) is 11.3. The van der Waals surface area contributed by atoms with Crippen molar-refractivity contribution in [1.29, 1.82) is 0 Å². The number of hydrogen-bond donors (Lipinski definition) is 2. The lowest BCUT2D eigenvalue weighted by Crippen LogP contribution is -2.29. The number of aliphatic hydroxyl groups is 1. The summed E-state index contributed by atoms with van der Waals surface area (Å²) in [5.74, 6) is -0.0278. The predicted molar refractivity (Wildman–Crippen MR) is 37.8 cm³/mol. The summed E-state index contributed by atoms with van der Waals surface area (Å²) in [5.41, 5.74) is 0. The highest BCUT2D eigenvalue weighted by molar-refractivity contribution is 5.94. The van der Waals surface area contributed by atoms with E-state index in [0.29, 0.717) is 0 Å². The lowest BCUT2D eigenvalue weighted by molar-refractivity contribution is -0.116. The molecule has 0 spiro atoms. The molecule has 3 nitrogen and oxygen atoms in total. The van der Waals surface area contributed by atoms with Crippen molar-refractivity contribution in [3.63, 3.8) is 0 Å². The average molecular weight is 141 g/mol. The number of aliphatic hydroxyl groups excluding tert-OH is 1. The van der Waals surface area contributed by atoms with Crippen LogP contribution >= 0.6 is 0 Å². The molecule has 0 aromatic carbocycles. The molecule has 1 rings (SSSR count). The molecule has 1 saturated heterocycles. The minimum atomic E-state index is -0.0524. The van der Waals surface area contributed by atoms with Crippen molar-refractivity contribution < 1.29 is 9.90 Å². The fourth-order valence-electron chi connectivity index (χ4n) is 1.12. The Morgan fingerprint density at radius 3 is 3.00 bits per heavy atom. The molecule has 56 valence electrons. The fourth-order valence-corrected chi connectivity index (χ4v) is 1.12. The molecule has 1 fully saturated rings. The normalized spacial score (nSPS) is 25.8. The van der Waals surface area contributed by atoms with Crippen LogP contribution in [0.3, 0.4) is 0 Å². The molecule has 0 aromatic rings. The van der Waals surface area contributed by atoms with Crippen LogP contribution in [0.1, 0.15) is 12.8 Å². The van der Waals surface area contributed by atoms with Crippen molar-refractivity contribution in [3.05, 3.63) is 12.3 Å². The Hall–Kier alpha value is -0.830. The Balaban J connectivity index is 2.40. The van der Waals surface area contributed by atoms with E-state index in [9.17, 15) is 4.79 Å². The maximum absolute atomic E-state index is 10.9. The predicted octanol–water partition coefficient (Wildman–Crippen LogP) is 0.379. The SMILES string of the molecule is O=C(C=CO)[C@@H]1CCCN1. The lowest BCUT2D eigenvalue weighted by atomic mass is 10.1. The molecule has 0 amide bonds. The Morgan fingerprint density at radius 1 is 1.70 bits per heavy atom. The van der Waals surface area contributed by atoms with Crippen LogP contribution in [0.25, 0.3) is 0 Å². The number of carbonyl (C=O) groups excluding carboxylic acids is 1. The van der Waals surface area contributed by atoms with Gasteiger partial charge < -0.3 is 10.4 Å². The van der Waals surface area contributed by atoms with E-state index in [1.54, 1.807) is 0 Å². The number of ketones is 1. The summed E-state index contributed by atoms with van der Waals surface area (Å²) in [6.07, 6.45) is 3.93. The first-order valence-corrected chi connectivity index (χ1v) is 3.42. The van der Waals surface area contributed by atoms with Gasteiger partial charge in [-0.1, -0.05) is 0 Å². The third-order valence-corrected chi connectivity index (χ3v) is 1.64. The zero-order chi connectivity index (χ0) is 7.40. The molecule has 0 saturated carbocycles. The van der Waals surface area contributed by atoms with Crippen LogP contribution in [0, 0.1) is 0 Å². The monoisotopic (exact) mass is 141 g/mol. The second kappa shape index (κ2) is 3.37. The van der Waals surface area contributed by atoms with Crippen LogP contribution in [0.4, 0.5) is 0 Å². The smallest absolute Gasteiger partial charge is 0.175 e. The van der Waals surface area contributed by atoms with Crippen LogP contribution in [0.5, 0.6) is 0 Å². The first-order chi connectivity index (χ1) is 4.84. The van der Waals surface area contributed by atoms with E-state index < -0.39 is 0 Å². The second-order valence-corrected chi connectivity index (χ2v) is 2.37. The van der Waals surface area contributed by atoms with E-state index in [1.807, 2.05) is 0 Å². The number of nitrogens with one attached hydrogen (secondary N) is 1. The Morgan fingerprint density at radius 2 is 2.50 bits per heavy atom. The zero-order valence-electron chi connectivity index (χ0n) is 5.71. The van der Waals surface area contributed by atoms with Gasteiger partial charge in [-0.05, 0) is 19.4 Å². The van der Waals surface area contributed by atoms with E-state index in [0.717, 1.165) is 25.6 Å². The first kappa shape index (κ1) is 7.28. The maximum Gasteiger partial charge on any atom is 0.175 e. The molecule has 1 aliphatic rings. The molecule has 1 atom stereocenters. The third kappa shape index (κ3) is 1.57. The highest BCUT2D eigenvalue weighted by Crippen LogP contribution is 2.05. The van der Waals surface area contributed by atoms with E-state index in [2.05, 4.69) is 5.32 Å². The van der Waals surface area contributed by atoms with Crippen LogP contribution in [-0.4, -0.2) is 23.5 Å². The first-order valence-electron chi connectivity index (χ1n) is 3.42. The Kier molecular flexibility index (Phi) is 2.45. The summed E-state index contributed by atoms with van der Waals surface area (Å²) in [6.45, 7) is 0.912. The molecule has 1 heterocycles. The molecule has 0 aliphatic carbocycles. The van der Waals surface area contributed by atoms with Gasteiger partial charge in [0.2, 0.25) is 0 Å². The molecular weight excluding hydrogens is 130 g/mol. The summed E-state index contributed by atoms with van der Waals surface area (Å²) in [6, 6.07) is -0.0524. The van der Waals surface area contributed by atoms with Crippen molar-refractivity contribution in [2.24, 2.45) is 0 Å². The van der Waals surface area contributed by atoms with Crippen molar-refractivity contribution in [2.75, 3.05) is 6.54 Å². The topological polar surface area (TPSA) is 49.3 Å².